The van der Waals surface area contributed by atoms with Gasteiger partial charge in [-0.25, -0.2) is 13.2 Å². The highest BCUT2D eigenvalue weighted by atomic mass is 32.2. The molecule has 0 radical (unpaired) electrons. The fourth-order valence-corrected chi connectivity index (χ4v) is 1.27. The molecular formula is C9H11N2O4S-. The smallest absolute Gasteiger partial charge is 0.320 e. The molecular weight excluding hydrogens is 232 g/mol. The first-order chi connectivity index (χ1) is 7.37. The second-order valence-corrected chi connectivity index (χ2v) is 4.60. The van der Waals surface area contributed by atoms with Crippen molar-refractivity contribution in [3.63, 3.8) is 0 Å². The first-order valence-corrected chi connectivity index (χ1v) is 6.00. The Morgan fingerprint density at radius 2 is 1.88 bits per heavy atom. The summed E-state index contributed by atoms with van der Waals surface area (Å²) in [6.07, 6.45) is 0. The van der Waals surface area contributed by atoms with Crippen molar-refractivity contribution in [2.75, 3.05) is 11.2 Å². The van der Waals surface area contributed by atoms with Gasteiger partial charge in [-0.15, -0.1) is 0 Å². The summed E-state index contributed by atoms with van der Waals surface area (Å²) in [5.74, 6) is -0.926. The van der Waals surface area contributed by atoms with E-state index in [1.807, 2.05) is 12.2 Å². The van der Waals surface area contributed by atoms with Gasteiger partial charge in [0.15, 0.2) is 0 Å². The highest BCUT2D eigenvalue weighted by Crippen LogP contribution is 2.07. The summed E-state index contributed by atoms with van der Waals surface area (Å²) in [5.41, 5.74) is 1.56. The number of benzene rings is 1. The van der Waals surface area contributed by atoms with Gasteiger partial charge in [-0.1, -0.05) is 17.7 Å². The Bertz CT molecular complexity index is 467. The van der Waals surface area contributed by atoms with Crippen LogP contribution in [0.15, 0.2) is 24.3 Å². The molecule has 0 saturated carbocycles. The van der Waals surface area contributed by atoms with Crippen LogP contribution in [0, 0.1) is 6.92 Å². The number of amides is 2. The lowest BCUT2D eigenvalue weighted by Gasteiger charge is -2.09. The molecule has 0 aliphatic heterocycles. The highest BCUT2D eigenvalue weighted by Gasteiger charge is 2.02. The summed E-state index contributed by atoms with van der Waals surface area (Å²) < 4.78 is 30.7. The van der Waals surface area contributed by atoms with Crippen molar-refractivity contribution < 1.29 is 17.8 Å². The zero-order chi connectivity index (χ0) is 12.2. The fourth-order valence-electron chi connectivity index (χ4n) is 0.966. The van der Waals surface area contributed by atoms with Crippen LogP contribution in [0.3, 0.4) is 0 Å². The molecule has 0 aliphatic rings. The number of urea groups is 1. The molecule has 2 N–H and O–H groups in total. The van der Waals surface area contributed by atoms with Crippen molar-refractivity contribution in [3.8, 4) is 0 Å². The Morgan fingerprint density at radius 1 is 1.31 bits per heavy atom. The van der Waals surface area contributed by atoms with E-state index in [1.165, 1.54) is 0 Å². The van der Waals surface area contributed by atoms with Crippen LogP contribution < -0.4 is 10.6 Å². The molecule has 0 aromatic heterocycles. The van der Waals surface area contributed by atoms with Crippen molar-refractivity contribution in [2.45, 2.75) is 6.92 Å². The maximum Gasteiger partial charge on any atom is 0.320 e. The molecule has 88 valence electrons. The molecule has 1 aromatic rings. The topological polar surface area (TPSA) is 98.3 Å². The molecule has 16 heavy (non-hydrogen) atoms. The molecule has 0 unspecified atom stereocenters. The Labute approximate surface area is 93.4 Å². The first kappa shape index (κ1) is 12.5. The molecule has 0 saturated heterocycles. The largest absolute Gasteiger partial charge is 0.747 e. The molecule has 0 bridgehead atoms. The second-order valence-electron chi connectivity index (χ2n) is 3.20. The van der Waals surface area contributed by atoms with E-state index in [0.717, 1.165) is 5.56 Å². The lowest BCUT2D eigenvalue weighted by molar-refractivity contribution is 0.253. The average Bonchev–Trinajstić information content (AvgIpc) is 2.18. The molecule has 0 fully saturated rings. The average molecular weight is 243 g/mol. The van der Waals surface area contributed by atoms with E-state index in [4.69, 9.17) is 0 Å². The van der Waals surface area contributed by atoms with Gasteiger partial charge in [0, 0.05) is 5.69 Å². The Morgan fingerprint density at radius 3 is 2.38 bits per heavy atom. The van der Waals surface area contributed by atoms with E-state index < -0.39 is 22.0 Å². The molecule has 1 rings (SSSR count). The van der Waals surface area contributed by atoms with Crippen LogP contribution in [0.4, 0.5) is 10.5 Å². The van der Waals surface area contributed by atoms with Crippen molar-refractivity contribution >= 4 is 21.8 Å². The number of nitrogens with one attached hydrogen (secondary N) is 2. The number of hydrogen-bond acceptors (Lipinski definition) is 4. The lowest BCUT2D eigenvalue weighted by atomic mass is 10.2. The van der Waals surface area contributed by atoms with Crippen LogP contribution in [0.1, 0.15) is 5.56 Å². The second kappa shape index (κ2) is 4.95. The van der Waals surface area contributed by atoms with E-state index >= 15 is 0 Å². The monoisotopic (exact) mass is 243 g/mol. The summed E-state index contributed by atoms with van der Waals surface area (Å²) >= 11 is 0. The van der Waals surface area contributed by atoms with Gasteiger partial charge in [0.05, 0.1) is 0 Å². The third kappa shape index (κ3) is 4.76. The zero-order valence-corrected chi connectivity index (χ0v) is 9.37. The maximum absolute atomic E-state index is 11.1. The van der Waals surface area contributed by atoms with Crippen LogP contribution in [-0.4, -0.2) is 24.9 Å². The summed E-state index contributed by atoms with van der Waals surface area (Å²) in [6, 6.07) is 6.18. The van der Waals surface area contributed by atoms with Gasteiger partial charge in [-0.3, -0.25) is 0 Å². The SMILES string of the molecule is Cc1ccc(NC(=O)NCS(=O)(=O)[O-])cc1. The van der Waals surface area contributed by atoms with E-state index in [0.29, 0.717) is 5.69 Å². The molecule has 2 amide bonds. The summed E-state index contributed by atoms with van der Waals surface area (Å²) in [7, 11) is -4.44. The van der Waals surface area contributed by atoms with Crippen LogP contribution >= 0.6 is 0 Å². The van der Waals surface area contributed by atoms with Gasteiger partial charge < -0.3 is 15.2 Å². The van der Waals surface area contributed by atoms with Gasteiger partial charge >= 0.3 is 6.03 Å². The minimum atomic E-state index is -4.44. The minimum Gasteiger partial charge on any atom is -0.747 e. The predicted octanol–water partition coefficient (Wildman–Crippen LogP) is 0.619. The predicted molar refractivity (Wildman–Crippen MR) is 57.9 cm³/mol. The lowest BCUT2D eigenvalue weighted by Crippen LogP contribution is -2.33. The molecule has 0 spiro atoms. The summed E-state index contributed by atoms with van der Waals surface area (Å²) in [5, 5.41) is 4.32. The molecule has 1 aromatic carbocycles. The zero-order valence-electron chi connectivity index (χ0n) is 8.56. The van der Waals surface area contributed by atoms with Crippen molar-refractivity contribution in [1.29, 1.82) is 0 Å². The number of rotatable bonds is 3. The highest BCUT2D eigenvalue weighted by molar-refractivity contribution is 7.85. The number of hydrogen-bond donors (Lipinski definition) is 2. The first-order valence-electron chi connectivity index (χ1n) is 4.42. The van der Waals surface area contributed by atoms with Gasteiger partial charge in [0.25, 0.3) is 0 Å². The molecule has 7 heteroatoms. The fraction of sp³-hybridized carbons (Fsp3) is 0.222. The van der Waals surface area contributed by atoms with Crippen LogP contribution in [0.5, 0.6) is 0 Å². The number of anilines is 1. The Kier molecular flexibility index (Phi) is 3.86. The molecule has 0 atom stereocenters. The third-order valence-electron chi connectivity index (χ3n) is 1.72. The molecule has 6 nitrogen and oxygen atoms in total. The Balaban J connectivity index is 2.49. The molecule has 0 heterocycles. The van der Waals surface area contributed by atoms with Gasteiger partial charge in [0.2, 0.25) is 0 Å². The van der Waals surface area contributed by atoms with Gasteiger partial charge in [-0.05, 0) is 19.1 Å². The van der Waals surface area contributed by atoms with E-state index in [2.05, 4.69) is 5.32 Å². The van der Waals surface area contributed by atoms with Crippen molar-refractivity contribution in [2.24, 2.45) is 0 Å². The van der Waals surface area contributed by atoms with Crippen LogP contribution in [0.2, 0.25) is 0 Å². The van der Waals surface area contributed by atoms with Crippen molar-refractivity contribution in [1.82, 2.24) is 5.32 Å². The normalized spacial score (nSPS) is 10.9. The maximum atomic E-state index is 11.1. The summed E-state index contributed by atoms with van der Waals surface area (Å²) in [6.45, 7) is 1.90. The standard InChI is InChI=1S/C9H12N2O4S/c1-7-2-4-8(5-3-7)11-9(12)10-6-16(13,14)15/h2-5H,6H2,1H3,(H2,10,11,12)(H,13,14,15)/p-1. The van der Waals surface area contributed by atoms with Crippen molar-refractivity contribution in [3.05, 3.63) is 29.8 Å². The third-order valence-corrected chi connectivity index (χ3v) is 2.22. The number of carbonyl (C=O) groups is 1. The number of aryl methyl sites for hydroxylation is 1. The minimum absolute atomic E-state index is 0.520. The van der Waals surface area contributed by atoms with Crippen LogP contribution in [0.25, 0.3) is 0 Å². The quantitative estimate of drug-likeness (QED) is 0.760. The van der Waals surface area contributed by atoms with Crippen LogP contribution in [-0.2, 0) is 10.1 Å². The van der Waals surface area contributed by atoms with E-state index in [1.54, 1.807) is 24.3 Å². The summed E-state index contributed by atoms with van der Waals surface area (Å²) in [4.78, 5) is 11.1. The van der Waals surface area contributed by atoms with Gasteiger partial charge in [0.1, 0.15) is 16.0 Å². The molecule has 0 aliphatic carbocycles. The van der Waals surface area contributed by atoms with Gasteiger partial charge in [-0.2, -0.15) is 0 Å². The van der Waals surface area contributed by atoms with E-state index in [-0.39, 0.29) is 0 Å². The van der Waals surface area contributed by atoms with E-state index in [9.17, 15) is 17.8 Å². The number of carbonyl (C=O) groups excluding carboxylic acids is 1. The Hall–Kier alpha value is -1.60.